The monoisotopic (exact) mass is 298 g/mol. The smallest absolute Gasteiger partial charge is 0.138 e. The lowest BCUT2D eigenvalue weighted by Gasteiger charge is -2.33. The molecular formula is C17H22N4O. The van der Waals surface area contributed by atoms with Gasteiger partial charge in [0, 0.05) is 50.0 Å². The standard InChI is InChI=1S/C17H22N4O/c1-12-17(13(2)22-19-12)11-21-10-15-7-16(21)9-20(15)8-14-5-3-4-6-18-14/h3-6,15-16H,7-11H2,1-2H3. The molecule has 0 radical (unpaired) electrons. The maximum atomic E-state index is 5.29. The number of nitrogens with zero attached hydrogens (tertiary/aromatic N) is 4. The molecule has 2 aromatic heterocycles. The molecule has 5 heteroatoms. The third kappa shape index (κ3) is 2.44. The lowest BCUT2D eigenvalue weighted by molar-refractivity contribution is 0.116. The van der Waals surface area contributed by atoms with Crippen LogP contribution in [0.15, 0.2) is 28.9 Å². The van der Waals surface area contributed by atoms with Crippen LogP contribution in [0, 0.1) is 13.8 Å². The van der Waals surface area contributed by atoms with Crippen molar-refractivity contribution >= 4 is 0 Å². The molecule has 4 rings (SSSR count). The summed E-state index contributed by atoms with van der Waals surface area (Å²) in [5.41, 5.74) is 3.47. The Morgan fingerprint density at radius 2 is 1.91 bits per heavy atom. The van der Waals surface area contributed by atoms with Gasteiger partial charge in [-0.1, -0.05) is 11.2 Å². The number of pyridine rings is 1. The molecule has 116 valence electrons. The Labute approximate surface area is 130 Å². The molecule has 0 aromatic carbocycles. The number of fused-ring (bicyclic) bond motifs is 2. The summed E-state index contributed by atoms with van der Waals surface area (Å²) in [4.78, 5) is 9.62. The van der Waals surface area contributed by atoms with Gasteiger partial charge in [0.15, 0.2) is 0 Å². The molecule has 0 spiro atoms. The second kappa shape index (κ2) is 5.48. The number of rotatable bonds is 4. The first kappa shape index (κ1) is 13.9. The van der Waals surface area contributed by atoms with Crippen molar-refractivity contribution in [2.24, 2.45) is 0 Å². The van der Waals surface area contributed by atoms with Crippen LogP contribution in [0.1, 0.15) is 29.1 Å². The van der Waals surface area contributed by atoms with Crippen molar-refractivity contribution in [3.8, 4) is 0 Å². The number of aromatic nitrogens is 2. The largest absolute Gasteiger partial charge is 0.361 e. The molecule has 2 unspecified atom stereocenters. The zero-order valence-corrected chi connectivity index (χ0v) is 13.2. The van der Waals surface area contributed by atoms with E-state index in [0.29, 0.717) is 12.1 Å². The minimum atomic E-state index is 0.655. The van der Waals surface area contributed by atoms with Gasteiger partial charge in [-0.3, -0.25) is 14.8 Å². The molecule has 2 bridgehead atoms. The second-order valence-electron chi connectivity index (χ2n) is 6.53. The molecule has 2 saturated heterocycles. The normalized spacial score (nSPS) is 25.2. The number of hydrogen-bond donors (Lipinski definition) is 0. The highest BCUT2D eigenvalue weighted by molar-refractivity contribution is 5.21. The molecule has 0 amide bonds. The fraction of sp³-hybridized carbons (Fsp3) is 0.529. The maximum absolute atomic E-state index is 5.29. The third-order valence-corrected chi connectivity index (χ3v) is 5.10. The van der Waals surface area contributed by atoms with Crippen LogP contribution in [0.4, 0.5) is 0 Å². The quantitative estimate of drug-likeness (QED) is 0.865. The molecule has 22 heavy (non-hydrogen) atoms. The van der Waals surface area contributed by atoms with Crippen LogP contribution in [0.5, 0.6) is 0 Å². The summed E-state index contributed by atoms with van der Waals surface area (Å²) in [5.74, 6) is 0.964. The molecule has 0 aliphatic carbocycles. The molecule has 0 saturated carbocycles. The number of likely N-dealkylation sites (tertiary alicyclic amines) is 2. The molecule has 5 nitrogen and oxygen atoms in total. The topological polar surface area (TPSA) is 45.4 Å². The van der Waals surface area contributed by atoms with Crippen molar-refractivity contribution in [1.82, 2.24) is 19.9 Å². The molecule has 2 aromatic rings. The van der Waals surface area contributed by atoms with Gasteiger partial charge in [-0.2, -0.15) is 0 Å². The van der Waals surface area contributed by atoms with Crippen molar-refractivity contribution in [2.75, 3.05) is 13.1 Å². The first-order chi connectivity index (χ1) is 10.7. The summed E-state index contributed by atoms with van der Waals surface area (Å²) in [7, 11) is 0. The number of hydrogen-bond acceptors (Lipinski definition) is 5. The van der Waals surface area contributed by atoms with Crippen LogP contribution in [0.3, 0.4) is 0 Å². The van der Waals surface area contributed by atoms with E-state index in [1.807, 2.05) is 26.1 Å². The van der Waals surface area contributed by atoms with Crippen molar-refractivity contribution in [1.29, 1.82) is 0 Å². The van der Waals surface area contributed by atoms with Crippen molar-refractivity contribution in [2.45, 2.75) is 45.4 Å². The molecule has 2 fully saturated rings. The van der Waals surface area contributed by atoms with Gasteiger partial charge in [0.1, 0.15) is 5.76 Å². The molecule has 2 atom stereocenters. The lowest BCUT2D eigenvalue weighted by atomic mass is 10.1. The van der Waals surface area contributed by atoms with E-state index < -0.39 is 0 Å². The average molecular weight is 298 g/mol. The van der Waals surface area contributed by atoms with Crippen molar-refractivity contribution in [3.05, 3.63) is 47.1 Å². The van der Waals surface area contributed by atoms with Gasteiger partial charge in [-0.25, -0.2) is 0 Å². The van der Waals surface area contributed by atoms with Gasteiger partial charge in [0.25, 0.3) is 0 Å². The van der Waals surface area contributed by atoms with Gasteiger partial charge in [-0.05, 0) is 32.4 Å². The summed E-state index contributed by atoms with van der Waals surface area (Å²) < 4.78 is 5.29. The van der Waals surface area contributed by atoms with Crippen LogP contribution >= 0.6 is 0 Å². The van der Waals surface area contributed by atoms with E-state index in [4.69, 9.17) is 4.52 Å². The van der Waals surface area contributed by atoms with Crippen LogP contribution in [-0.4, -0.2) is 45.1 Å². The van der Waals surface area contributed by atoms with E-state index in [1.54, 1.807) is 0 Å². The van der Waals surface area contributed by atoms with E-state index in [9.17, 15) is 0 Å². The van der Waals surface area contributed by atoms with E-state index in [-0.39, 0.29) is 0 Å². The Kier molecular flexibility index (Phi) is 3.47. The molecule has 0 N–H and O–H groups in total. The highest BCUT2D eigenvalue weighted by Crippen LogP contribution is 2.33. The second-order valence-corrected chi connectivity index (χ2v) is 6.53. The van der Waals surface area contributed by atoms with Crippen LogP contribution in [0.2, 0.25) is 0 Å². The third-order valence-electron chi connectivity index (χ3n) is 5.10. The van der Waals surface area contributed by atoms with Gasteiger partial charge < -0.3 is 4.52 Å². The van der Waals surface area contributed by atoms with Gasteiger partial charge in [-0.15, -0.1) is 0 Å². The summed E-state index contributed by atoms with van der Waals surface area (Å²) >= 11 is 0. The Bertz CT molecular complexity index is 634. The molecular weight excluding hydrogens is 276 g/mol. The Balaban J connectivity index is 1.40. The van der Waals surface area contributed by atoms with Crippen LogP contribution in [0.25, 0.3) is 0 Å². The fourth-order valence-corrected chi connectivity index (χ4v) is 3.85. The first-order valence-corrected chi connectivity index (χ1v) is 8.00. The predicted molar refractivity (Wildman–Crippen MR) is 83.2 cm³/mol. The SMILES string of the molecule is Cc1noc(C)c1CN1CC2CC1CN2Cc1ccccn1. The Hall–Kier alpha value is -1.72. The zero-order valence-electron chi connectivity index (χ0n) is 13.2. The minimum absolute atomic E-state index is 0.655. The van der Waals surface area contributed by atoms with E-state index in [2.05, 4.69) is 32.1 Å². The van der Waals surface area contributed by atoms with Crippen LogP contribution in [-0.2, 0) is 13.1 Å². The molecule has 2 aliphatic rings. The average Bonchev–Trinajstić information content (AvgIpc) is 3.18. The first-order valence-electron chi connectivity index (χ1n) is 8.00. The maximum Gasteiger partial charge on any atom is 0.138 e. The number of piperazine rings is 1. The summed E-state index contributed by atoms with van der Waals surface area (Å²) in [6.45, 7) is 8.28. The molecule has 4 heterocycles. The summed E-state index contributed by atoms with van der Waals surface area (Å²) in [5, 5.41) is 4.07. The minimum Gasteiger partial charge on any atom is -0.361 e. The lowest BCUT2D eigenvalue weighted by Crippen LogP contribution is -2.45. The van der Waals surface area contributed by atoms with Gasteiger partial charge in [0.05, 0.1) is 11.4 Å². The van der Waals surface area contributed by atoms with E-state index >= 15 is 0 Å². The summed E-state index contributed by atoms with van der Waals surface area (Å²) in [6, 6.07) is 7.48. The van der Waals surface area contributed by atoms with Crippen molar-refractivity contribution < 1.29 is 4.52 Å². The van der Waals surface area contributed by atoms with Crippen molar-refractivity contribution in [3.63, 3.8) is 0 Å². The highest BCUT2D eigenvalue weighted by Gasteiger charge is 2.43. The molecule has 2 aliphatic heterocycles. The van der Waals surface area contributed by atoms with Crippen LogP contribution < -0.4 is 0 Å². The van der Waals surface area contributed by atoms with Gasteiger partial charge >= 0.3 is 0 Å². The number of aryl methyl sites for hydroxylation is 2. The summed E-state index contributed by atoms with van der Waals surface area (Å²) in [6.07, 6.45) is 3.16. The highest BCUT2D eigenvalue weighted by atomic mass is 16.5. The predicted octanol–water partition coefficient (Wildman–Crippen LogP) is 2.15. The van der Waals surface area contributed by atoms with E-state index in [0.717, 1.165) is 37.6 Å². The Morgan fingerprint density at radius 1 is 1.14 bits per heavy atom. The zero-order chi connectivity index (χ0) is 15.1. The Morgan fingerprint density at radius 3 is 2.50 bits per heavy atom. The fourth-order valence-electron chi connectivity index (χ4n) is 3.85. The van der Waals surface area contributed by atoms with E-state index in [1.165, 1.54) is 17.7 Å². The van der Waals surface area contributed by atoms with Gasteiger partial charge in [0.2, 0.25) is 0 Å².